The second-order valence-electron chi connectivity index (χ2n) is 3.92. The van der Waals surface area contributed by atoms with Gasteiger partial charge in [0.2, 0.25) is 5.76 Å². The van der Waals surface area contributed by atoms with Crippen LogP contribution < -0.4 is 5.32 Å². The van der Waals surface area contributed by atoms with Crippen LogP contribution in [0, 0.1) is 0 Å². The normalized spacial score (nSPS) is 10.2. The van der Waals surface area contributed by atoms with Gasteiger partial charge in [-0.25, -0.2) is 4.79 Å². The molecule has 0 atom stereocenters. The molecule has 20 heavy (non-hydrogen) atoms. The molecule has 7 heteroatoms. The van der Waals surface area contributed by atoms with Crippen LogP contribution in [-0.4, -0.2) is 22.1 Å². The molecule has 0 radical (unpaired) electrons. The maximum absolute atomic E-state index is 11.8. The van der Waals surface area contributed by atoms with E-state index in [9.17, 15) is 14.7 Å². The highest BCUT2D eigenvalue weighted by Gasteiger charge is 2.13. The molecule has 0 aliphatic rings. The van der Waals surface area contributed by atoms with Gasteiger partial charge in [0, 0.05) is 5.02 Å². The Labute approximate surface area is 118 Å². The van der Waals surface area contributed by atoms with Crippen LogP contribution in [-0.2, 0) is 6.54 Å². The standard InChI is InChI=1S/C13H10ClNO5/c14-7-1-3-9(10(16)5-7)12(17)15-6-8-2-4-11(20-8)13(18)19/h1-5,16H,6H2,(H,15,17)(H,18,19). The first-order chi connectivity index (χ1) is 9.47. The molecule has 0 aliphatic carbocycles. The van der Waals surface area contributed by atoms with Crippen molar-refractivity contribution in [2.75, 3.05) is 0 Å². The van der Waals surface area contributed by atoms with Gasteiger partial charge in [0.25, 0.3) is 5.91 Å². The van der Waals surface area contributed by atoms with Gasteiger partial charge in [0.1, 0.15) is 11.5 Å². The lowest BCUT2D eigenvalue weighted by Gasteiger charge is -2.05. The number of nitrogens with one attached hydrogen (secondary N) is 1. The van der Waals surface area contributed by atoms with Gasteiger partial charge in [-0.2, -0.15) is 0 Å². The van der Waals surface area contributed by atoms with Crippen LogP contribution in [0.5, 0.6) is 5.75 Å². The minimum atomic E-state index is -1.18. The fourth-order valence-corrected chi connectivity index (χ4v) is 1.71. The summed E-state index contributed by atoms with van der Waals surface area (Å²) < 4.78 is 4.98. The van der Waals surface area contributed by atoms with Crippen molar-refractivity contribution in [1.29, 1.82) is 0 Å². The summed E-state index contributed by atoms with van der Waals surface area (Å²) in [6, 6.07) is 6.87. The average molecular weight is 296 g/mol. The molecular formula is C13H10ClNO5. The Kier molecular flexibility index (Phi) is 3.95. The molecule has 1 amide bonds. The molecule has 3 N–H and O–H groups in total. The van der Waals surface area contributed by atoms with Gasteiger partial charge in [-0.05, 0) is 30.3 Å². The number of hydrogen-bond acceptors (Lipinski definition) is 4. The maximum Gasteiger partial charge on any atom is 0.371 e. The Balaban J connectivity index is 2.02. The average Bonchev–Trinajstić information content (AvgIpc) is 2.85. The minimum Gasteiger partial charge on any atom is -0.507 e. The molecule has 1 aromatic carbocycles. The first-order valence-corrected chi connectivity index (χ1v) is 5.94. The van der Waals surface area contributed by atoms with Crippen molar-refractivity contribution < 1.29 is 24.2 Å². The molecular weight excluding hydrogens is 286 g/mol. The van der Waals surface area contributed by atoms with Crippen LogP contribution in [0.1, 0.15) is 26.7 Å². The minimum absolute atomic E-state index is 0.00811. The van der Waals surface area contributed by atoms with Crippen molar-refractivity contribution in [2.45, 2.75) is 6.54 Å². The van der Waals surface area contributed by atoms with Gasteiger partial charge in [0.05, 0.1) is 12.1 Å². The van der Waals surface area contributed by atoms with Crippen LogP contribution in [0.4, 0.5) is 0 Å². The molecule has 6 nitrogen and oxygen atoms in total. The number of furan rings is 1. The smallest absolute Gasteiger partial charge is 0.371 e. The number of amides is 1. The van der Waals surface area contributed by atoms with Crippen LogP contribution in [0.3, 0.4) is 0 Å². The molecule has 104 valence electrons. The zero-order valence-corrected chi connectivity index (χ0v) is 10.8. The Morgan fingerprint density at radius 3 is 2.60 bits per heavy atom. The number of carbonyl (C=O) groups excluding carboxylic acids is 1. The molecule has 1 heterocycles. The summed E-state index contributed by atoms with van der Waals surface area (Å²) in [7, 11) is 0. The predicted molar refractivity (Wildman–Crippen MR) is 70.0 cm³/mol. The van der Waals surface area contributed by atoms with E-state index >= 15 is 0 Å². The lowest BCUT2D eigenvalue weighted by molar-refractivity contribution is 0.0660. The van der Waals surface area contributed by atoms with Crippen LogP contribution in [0.15, 0.2) is 34.7 Å². The highest BCUT2D eigenvalue weighted by molar-refractivity contribution is 6.30. The Hall–Kier alpha value is -2.47. The number of carboxylic acids is 1. The first kappa shape index (κ1) is 14.0. The number of halogens is 1. The van der Waals surface area contributed by atoms with Crippen LogP contribution in [0.2, 0.25) is 5.02 Å². The van der Waals surface area contributed by atoms with Crippen molar-refractivity contribution in [3.63, 3.8) is 0 Å². The summed E-state index contributed by atoms with van der Waals surface area (Å²) >= 11 is 5.66. The molecule has 0 aliphatic heterocycles. The van der Waals surface area contributed by atoms with Crippen molar-refractivity contribution in [1.82, 2.24) is 5.32 Å². The number of hydrogen-bond donors (Lipinski definition) is 3. The number of phenolic OH excluding ortho intramolecular Hbond substituents is 1. The number of aromatic hydroxyl groups is 1. The van der Waals surface area contributed by atoms with Crippen molar-refractivity contribution in [3.8, 4) is 5.75 Å². The third-order valence-corrected chi connectivity index (χ3v) is 2.74. The fourth-order valence-electron chi connectivity index (χ4n) is 1.55. The largest absolute Gasteiger partial charge is 0.507 e. The number of aromatic carboxylic acids is 1. The highest BCUT2D eigenvalue weighted by atomic mass is 35.5. The summed E-state index contributed by atoms with van der Waals surface area (Å²) in [5.74, 6) is -1.85. The predicted octanol–water partition coefficient (Wildman–Crippen LogP) is 2.27. The van der Waals surface area contributed by atoms with Gasteiger partial charge < -0.3 is 19.9 Å². The lowest BCUT2D eigenvalue weighted by atomic mass is 10.2. The van der Waals surface area contributed by atoms with Crippen molar-refractivity contribution in [2.24, 2.45) is 0 Å². The van der Waals surface area contributed by atoms with E-state index < -0.39 is 11.9 Å². The third-order valence-electron chi connectivity index (χ3n) is 2.50. The van der Waals surface area contributed by atoms with Crippen molar-refractivity contribution in [3.05, 3.63) is 52.4 Å². The fraction of sp³-hybridized carbons (Fsp3) is 0.0769. The topological polar surface area (TPSA) is 99.8 Å². The second kappa shape index (κ2) is 5.66. The molecule has 0 bridgehead atoms. The number of phenols is 1. The zero-order chi connectivity index (χ0) is 14.7. The van der Waals surface area contributed by atoms with Gasteiger partial charge in [-0.15, -0.1) is 0 Å². The van der Waals surface area contributed by atoms with E-state index in [0.717, 1.165) is 0 Å². The Bertz CT molecular complexity index is 665. The van der Waals surface area contributed by atoms with Gasteiger partial charge >= 0.3 is 5.97 Å². The van der Waals surface area contributed by atoms with E-state index in [1.807, 2.05) is 0 Å². The molecule has 0 spiro atoms. The quantitative estimate of drug-likeness (QED) is 0.803. The summed E-state index contributed by atoms with van der Waals surface area (Å²) in [4.78, 5) is 22.4. The van der Waals surface area contributed by atoms with Gasteiger partial charge in [-0.3, -0.25) is 4.79 Å². The van der Waals surface area contributed by atoms with E-state index in [1.54, 1.807) is 0 Å². The molecule has 0 saturated heterocycles. The second-order valence-corrected chi connectivity index (χ2v) is 4.35. The maximum atomic E-state index is 11.8. The SMILES string of the molecule is O=C(O)c1ccc(CNC(=O)c2ccc(Cl)cc2O)o1. The molecule has 0 saturated carbocycles. The van der Waals surface area contributed by atoms with Gasteiger partial charge in [0.15, 0.2) is 0 Å². The molecule has 0 fully saturated rings. The highest BCUT2D eigenvalue weighted by Crippen LogP contribution is 2.21. The molecule has 0 unspecified atom stereocenters. The van der Waals surface area contributed by atoms with E-state index in [4.69, 9.17) is 21.1 Å². The van der Waals surface area contributed by atoms with Crippen LogP contribution in [0.25, 0.3) is 0 Å². The van der Waals surface area contributed by atoms with E-state index in [2.05, 4.69) is 5.32 Å². The number of rotatable bonds is 4. The summed E-state index contributed by atoms with van der Waals surface area (Å²) in [6.45, 7) is 0.00811. The Morgan fingerprint density at radius 2 is 2.00 bits per heavy atom. The van der Waals surface area contributed by atoms with Gasteiger partial charge in [-0.1, -0.05) is 11.6 Å². The summed E-state index contributed by atoms with van der Waals surface area (Å²) in [6.07, 6.45) is 0. The van der Waals surface area contributed by atoms with E-state index in [1.165, 1.54) is 30.3 Å². The van der Waals surface area contributed by atoms with E-state index in [0.29, 0.717) is 10.8 Å². The zero-order valence-electron chi connectivity index (χ0n) is 10.1. The summed E-state index contributed by atoms with van der Waals surface area (Å²) in [5, 5.41) is 21.1. The lowest BCUT2D eigenvalue weighted by Crippen LogP contribution is -2.22. The molecule has 1 aromatic heterocycles. The molecule has 2 aromatic rings. The third kappa shape index (κ3) is 3.10. The van der Waals surface area contributed by atoms with E-state index in [-0.39, 0.29) is 23.6 Å². The van der Waals surface area contributed by atoms with Crippen LogP contribution >= 0.6 is 11.6 Å². The first-order valence-electron chi connectivity index (χ1n) is 5.56. The number of carboxylic acid groups (broad SMARTS) is 1. The monoisotopic (exact) mass is 295 g/mol. The number of carbonyl (C=O) groups is 2. The summed E-state index contributed by atoms with van der Waals surface area (Å²) in [5.41, 5.74) is 0.0689. The van der Waals surface area contributed by atoms with Crippen molar-refractivity contribution >= 4 is 23.5 Å². The molecule has 2 rings (SSSR count). The Morgan fingerprint density at radius 1 is 1.25 bits per heavy atom. The number of benzene rings is 1.